The number of para-hydroxylation sites is 1. The predicted molar refractivity (Wildman–Crippen MR) is 100 cm³/mol. The van der Waals surface area contributed by atoms with Crippen LogP contribution in [-0.4, -0.2) is 34.3 Å². The van der Waals surface area contributed by atoms with Crippen LogP contribution in [0.4, 0.5) is 10.1 Å². The van der Waals surface area contributed by atoms with Gasteiger partial charge in [-0.25, -0.2) is 4.39 Å². The molecule has 0 radical (unpaired) electrons. The lowest BCUT2D eigenvalue weighted by molar-refractivity contribution is -0.121. The number of halogens is 1. The summed E-state index contributed by atoms with van der Waals surface area (Å²) in [6.45, 7) is -0.0621. The van der Waals surface area contributed by atoms with E-state index in [9.17, 15) is 18.8 Å². The monoisotopic (exact) mass is 386 g/mol. The van der Waals surface area contributed by atoms with Crippen molar-refractivity contribution < 1.29 is 18.8 Å². The van der Waals surface area contributed by atoms with E-state index in [1.54, 1.807) is 30.3 Å². The second kappa shape index (κ2) is 7.92. The lowest BCUT2D eigenvalue weighted by Crippen LogP contribution is -2.45. The van der Waals surface area contributed by atoms with E-state index >= 15 is 0 Å². The van der Waals surface area contributed by atoms with Gasteiger partial charge in [0.15, 0.2) is 5.11 Å². The Hall–Kier alpha value is -3.33. The van der Waals surface area contributed by atoms with Crippen molar-refractivity contribution in [1.29, 1.82) is 0 Å². The van der Waals surface area contributed by atoms with E-state index < -0.39 is 23.5 Å². The highest BCUT2D eigenvalue weighted by Crippen LogP contribution is 2.22. The number of hydrogen-bond donors (Lipinski definition) is 3. The van der Waals surface area contributed by atoms with Gasteiger partial charge in [0.25, 0.3) is 11.8 Å². The van der Waals surface area contributed by atoms with Crippen LogP contribution in [0.15, 0.2) is 48.5 Å². The normalized spacial score (nSPS) is 12.6. The van der Waals surface area contributed by atoms with Gasteiger partial charge in [-0.1, -0.05) is 24.3 Å². The smallest absolute Gasteiger partial charge is 0.261 e. The highest BCUT2D eigenvalue weighted by atomic mass is 32.1. The summed E-state index contributed by atoms with van der Waals surface area (Å²) >= 11 is 4.97. The summed E-state index contributed by atoms with van der Waals surface area (Å²) in [5.74, 6) is -1.82. The van der Waals surface area contributed by atoms with Gasteiger partial charge in [0.05, 0.1) is 16.8 Å². The molecular formula is C18H15FN4O3S. The summed E-state index contributed by atoms with van der Waals surface area (Å²) in [5, 5.41) is 2.60. The van der Waals surface area contributed by atoms with Gasteiger partial charge >= 0.3 is 0 Å². The molecule has 0 saturated carbocycles. The molecule has 0 aromatic heterocycles. The van der Waals surface area contributed by atoms with E-state index in [2.05, 4.69) is 16.2 Å². The first-order valence-corrected chi connectivity index (χ1v) is 8.44. The summed E-state index contributed by atoms with van der Waals surface area (Å²) in [5.41, 5.74) is 5.59. The van der Waals surface area contributed by atoms with E-state index in [0.29, 0.717) is 11.1 Å². The molecule has 0 aliphatic carbocycles. The highest BCUT2D eigenvalue weighted by molar-refractivity contribution is 7.80. The number of hydrazine groups is 1. The molecular weight excluding hydrogens is 371 g/mol. The lowest BCUT2D eigenvalue weighted by Gasteiger charge is -2.15. The van der Waals surface area contributed by atoms with Gasteiger partial charge in [0.2, 0.25) is 5.91 Å². The molecule has 0 atom stereocenters. The fourth-order valence-corrected chi connectivity index (χ4v) is 2.72. The first kappa shape index (κ1) is 18.5. The van der Waals surface area contributed by atoms with Crippen LogP contribution >= 0.6 is 12.2 Å². The molecule has 3 N–H and O–H groups in total. The molecule has 9 heteroatoms. The number of amides is 3. The number of thiocarbonyl (C=S) groups is 1. The van der Waals surface area contributed by atoms with Crippen molar-refractivity contribution in [2.75, 3.05) is 11.9 Å². The maximum Gasteiger partial charge on any atom is 0.261 e. The zero-order chi connectivity index (χ0) is 19.4. The van der Waals surface area contributed by atoms with Crippen LogP contribution in [0.5, 0.6) is 0 Å². The molecule has 2 aromatic rings. The van der Waals surface area contributed by atoms with Crippen LogP contribution in [0.2, 0.25) is 0 Å². The number of nitrogens with zero attached hydrogens (tertiary/aromatic N) is 1. The van der Waals surface area contributed by atoms with E-state index in [0.717, 1.165) is 4.90 Å². The largest absolute Gasteiger partial charge is 0.329 e. The number of hydrogen-bond acceptors (Lipinski definition) is 4. The van der Waals surface area contributed by atoms with Crippen molar-refractivity contribution in [2.45, 2.75) is 6.42 Å². The van der Waals surface area contributed by atoms with Gasteiger partial charge in [0, 0.05) is 13.0 Å². The topological polar surface area (TPSA) is 90.5 Å². The number of rotatable bonds is 4. The summed E-state index contributed by atoms with van der Waals surface area (Å²) in [4.78, 5) is 37.4. The van der Waals surface area contributed by atoms with Crippen molar-refractivity contribution in [3.8, 4) is 0 Å². The Balaban J connectivity index is 1.47. The van der Waals surface area contributed by atoms with Gasteiger partial charge in [-0.05, 0) is 36.5 Å². The summed E-state index contributed by atoms with van der Waals surface area (Å²) in [6, 6.07) is 12.4. The maximum absolute atomic E-state index is 13.5. The van der Waals surface area contributed by atoms with E-state index in [1.807, 2.05) is 0 Å². The molecule has 0 saturated heterocycles. The number of benzene rings is 2. The van der Waals surface area contributed by atoms with Gasteiger partial charge < -0.3 is 5.32 Å². The summed E-state index contributed by atoms with van der Waals surface area (Å²) in [6.07, 6.45) is -0.110. The molecule has 0 unspecified atom stereocenters. The molecule has 1 aliphatic rings. The van der Waals surface area contributed by atoms with Crippen molar-refractivity contribution >= 4 is 40.7 Å². The fraction of sp³-hybridized carbons (Fsp3) is 0.111. The Labute approximate surface area is 159 Å². The maximum atomic E-state index is 13.5. The highest BCUT2D eigenvalue weighted by Gasteiger charge is 2.34. The Morgan fingerprint density at radius 1 is 0.963 bits per heavy atom. The number of carbonyl (C=O) groups is 3. The molecule has 7 nitrogen and oxygen atoms in total. The van der Waals surface area contributed by atoms with Gasteiger partial charge in [0.1, 0.15) is 5.82 Å². The predicted octanol–water partition coefficient (Wildman–Crippen LogP) is 1.83. The Kier molecular flexibility index (Phi) is 5.41. The van der Waals surface area contributed by atoms with E-state index in [1.165, 1.54) is 18.2 Å². The molecule has 138 valence electrons. The van der Waals surface area contributed by atoms with Crippen LogP contribution in [0, 0.1) is 5.82 Å². The quantitative estimate of drug-likeness (QED) is 0.422. The minimum Gasteiger partial charge on any atom is -0.329 e. The van der Waals surface area contributed by atoms with Crippen molar-refractivity contribution in [2.24, 2.45) is 0 Å². The number of nitrogens with one attached hydrogen (secondary N) is 3. The molecule has 1 heterocycles. The van der Waals surface area contributed by atoms with Gasteiger partial charge in [-0.2, -0.15) is 0 Å². The SMILES string of the molecule is O=C(CCN1C(=O)c2ccccc2C1=O)NNC(=S)Nc1ccccc1F. The average Bonchev–Trinajstić information content (AvgIpc) is 2.91. The van der Waals surface area contributed by atoms with Crippen LogP contribution < -0.4 is 16.2 Å². The minimum atomic E-state index is -0.487. The third kappa shape index (κ3) is 4.09. The zero-order valence-corrected chi connectivity index (χ0v) is 14.8. The van der Waals surface area contributed by atoms with Crippen LogP contribution in [0.25, 0.3) is 0 Å². The molecule has 0 bridgehead atoms. The van der Waals surface area contributed by atoms with Gasteiger partial charge in [-0.15, -0.1) is 0 Å². The molecule has 2 aromatic carbocycles. The van der Waals surface area contributed by atoms with Crippen molar-refractivity contribution in [1.82, 2.24) is 15.8 Å². The van der Waals surface area contributed by atoms with Crippen LogP contribution in [-0.2, 0) is 4.79 Å². The average molecular weight is 386 g/mol. The Bertz CT molecular complexity index is 899. The summed E-state index contributed by atoms with van der Waals surface area (Å²) < 4.78 is 13.5. The van der Waals surface area contributed by atoms with Crippen molar-refractivity contribution in [3.63, 3.8) is 0 Å². The molecule has 3 amide bonds. The Morgan fingerprint density at radius 2 is 1.56 bits per heavy atom. The minimum absolute atomic E-state index is 0.00539. The molecule has 0 spiro atoms. The van der Waals surface area contributed by atoms with E-state index in [4.69, 9.17) is 12.2 Å². The standard InChI is InChI=1S/C18H15FN4O3S/c19-13-7-3-4-8-14(13)20-18(27)22-21-15(24)9-10-23-16(25)11-5-1-2-6-12(11)17(23)26/h1-8H,9-10H2,(H,21,24)(H2,20,22,27). The number of anilines is 1. The third-order valence-electron chi connectivity index (χ3n) is 3.88. The summed E-state index contributed by atoms with van der Waals surface area (Å²) in [7, 11) is 0. The molecule has 0 fully saturated rings. The zero-order valence-electron chi connectivity index (χ0n) is 14.0. The number of fused-ring (bicyclic) bond motifs is 1. The van der Waals surface area contributed by atoms with Crippen LogP contribution in [0.3, 0.4) is 0 Å². The molecule has 1 aliphatic heterocycles. The molecule has 3 rings (SSSR count). The van der Waals surface area contributed by atoms with Gasteiger partial charge in [-0.3, -0.25) is 30.1 Å². The molecule has 27 heavy (non-hydrogen) atoms. The second-order valence-electron chi connectivity index (χ2n) is 5.66. The fourth-order valence-electron chi connectivity index (χ4n) is 2.56. The van der Waals surface area contributed by atoms with Crippen LogP contribution in [0.1, 0.15) is 27.1 Å². The van der Waals surface area contributed by atoms with Crippen molar-refractivity contribution in [3.05, 3.63) is 65.5 Å². The number of carbonyl (C=O) groups excluding carboxylic acids is 3. The first-order valence-electron chi connectivity index (χ1n) is 8.03. The first-order chi connectivity index (χ1) is 13.0. The lowest BCUT2D eigenvalue weighted by atomic mass is 10.1. The number of imide groups is 1. The Morgan fingerprint density at radius 3 is 2.19 bits per heavy atom. The third-order valence-corrected chi connectivity index (χ3v) is 4.08. The second-order valence-corrected chi connectivity index (χ2v) is 6.07. The van der Waals surface area contributed by atoms with E-state index in [-0.39, 0.29) is 23.8 Å².